The van der Waals surface area contributed by atoms with Crippen molar-refractivity contribution in [2.45, 2.75) is 6.54 Å². The van der Waals surface area contributed by atoms with Gasteiger partial charge in [0.05, 0.1) is 12.1 Å². The van der Waals surface area contributed by atoms with Crippen molar-refractivity contribution < 1.29 is 14.3 Å². The molecule has 7 heteroatoms. The van der Waals surface area contributed by atoms with E-state index in [1.54, 1.807) is 42.7 Å². The summed E-state index contributed by atoms with van der Waals surface area (Å²) in [5.41, 5.74) is 1.82. The molecule has 0 aliphatic carbocycles. The highest BCUT2D eigenvalue weighted by atomic mass is 19.1. The highest BCUT2D eigenvalue weighted by molar-refractivity contribution is 6.02. The Labute approximate surface area is 160 Å². The van der Waals surface area contributed by atoms with Crippen molar-refractivity contribution in [3.8, 4) is 11.1 Å². The number of benzene rings is 2. The van der Waals surface area contributed by atoms with Gasteiger partial charge in [-0.3, -0.25) is 0 Å². The molecule has 0 saturated carbocycles. The third-order valence-corrected chi connectivity index (χ3v) is 4.63. The number of nitrogens with zero attached hydrogens (tertiary/aromatic N) is 3. The van der Waals surface area contributed by atoms with Gasteiger partial charge in [-0.15, -0.1) is 0 Å². The summed E-state index contributed by atoms with van der Waals surface area (Å²) in [5.74, 6) is 0.0567. The summed E-state index contributed by atoms with van der Waals surface area (Å²) in [6.07, 6.45) is 5.27. The van der Waals surface area contributed by atoms with E-state index in [4.69, 9.17) is 5.11 Å². The highest BCUT2D eigenvalue weighted by Gasteiger charge is 2.12. The predicted octanol–water partition coefficient (Wildman–Crippen LogP) is 4.08. The van der Waals surface area contributed by atoms with Crippen LogP contribution >= 0.6 is 0 Å². The Morgan fingerprint density at radius 2 is 1.93 bits per heavy atom. The molecule has 0 unspecified atom stereocenters. The van der Waals surface area contributed by atoms with E-state index < -0.39 is 5.97 Å². The molecule has 0 bridgehead atoms. The number of halogens is 1. The molecule has 4 aromatic rings. The van der Waals surface area contributed by atoms with Gasteiger partial charge in [0, 0.05) is 36.6 Å². The largest absolute Gasteiger partial charge is 0.478 e. The van der Waals surface area contributed by atoms with Crippen LogP contribution in [-0.2, 0) is 13.6 Å². The molecule has 0 amide bonds. The second kappa shape index (κ2) is 7.11. The van der Waals surface area contributed by atoms with Gasteiger partial charge in [0.25, 0.3) is 0 Å². The third kappa shape index (κ3) is 3.29. The van der Waals surface area contributed by atoms with Gasteiger partial charge in [-0.05, 0) is 35.2 Å². The summed E-state index contributed by atoms with van der Waals surface area (Å²) in [7, 11) is 1.90. The SMILES string of the molecule is Cn1ccnc1CNc1ncc(-c2ccc(C(=O)O)cc2)c2ccc(F)cc12. The van der Waals surface area contributed by atoms with E-state index in [0.29, 0.717) is 17.7 Å². The summed E-state index contributed by atoms with van der Waals surface area (Å²) in [5, 5.41) is 13.8. The standard InChI is InChI=1S/C21H17FN4O2/c1-26-9-8-23-19(26)12-25-20-17-10-15(22)6-7-16(17)18(11-24-20)13-2-4-14(5-3-13)21(27)28/h2-11H,12H2,1H3,(H,24,25)(H,27,28). The summed E-state index contributed by atoms with van der Waals surface area (Å²) in [6.45, 7) is 0.453. The normalized spacial score (nSPS) is 10.9. The fourth-order valence-corrected chi connectivity index (χ4v) is 3.11. The van der Waals surface area contributed by atoms with Crippen LogP contribution in [0.1, 0.15) is 16.2 Å². The minimum absolute atomic E-state index is 0.209. The molecule has 0 saturated heterocycles. The Balaban J connectivity index is 1.75. The zero-order chi connectivity index (χ0) is 19.7. The molecule has 0 radical (unpaired) electrons. The summed E-state index contributed by atoms with van der Waals surface area (Å²) in [6, 6.07) is 11.1. The van der Waals surface area contributed by atoms with Crippen molar-refractivity contribution in [1.29, 1.82) is 0 Å². The molecule has 28 heavy (non-hydrogen) atoms. The maximum absolute atomic E-state index is 13.9. The zero-order valence-electron chi connectivity index (χ0n) is 15.1. The maximum atomic E-state index is 13.9. The van der Waals surface area contributed by atoms with E-state index in [1.807, 2.05) is 17.8 Å². The first-order valence-electron chi connectivity index (χ1n) is 8.65. The summed E-state index contributed by atoms with van der Waals surface area (Å²) >= 11 is 0. The van der Waals surface area contributed by atoms with Crippen molar-refractivity contribution in [1.82, 2.24) is 14.5 Å². The van der Waals surface area contributed by atoms with Crippen molar-refractivity contribution in [3.63, 3.8) is 0 Å². The monoisotopic (exact) mass is 376 g/mol. The first-order chi connectivity index (χ1) is 13.5. The van der Waals surface area contributed by atoms with Gasteiger partial charge in [0.15, 0.2) is 0 Å². The number of anilines is 1. The number of aryl methyl sites for hydroxylation is 1. The van der Waals surface area contributed by atoms with Crippen LogP contribution in [0.15, 0.2) is 61.1 Å². The smallest absolute Gasteiger partial charge is 0.335 e. The van der Waals surface area contributed by atoms with Crippen LogP contribution < -0.4 is 5.32 Å². The molecule has 0 spiro atoms. The van der Waals surface area contributed by atoms with E-state index in [9.17, 15) is 9.18 Å². The number of aromatic carboxylic acids is 1. The number of fused-ring (bicyclic) bond motifs is 1. The predicted molar refractivity (Wildman–Crippen MR) is 105 cm³/mol. The van der Waals surface area contributed by atoms with E-state index in [-0.39, 0.29) is 11.4 Å². The van der Waals surface area contributed by atoms with Gasteiger partial charge < -0.3 is 15.0 Å². The summed E-state index contributed by atoms with van der Waals surface area (Å²) in [4.78, 5) is 19.8. The molecule has 2 aromatic heterocycles. The Kier molecular flexibility index (Phi) is 4.49. The topological polar surface area (TPSA) is 80.0 Å². The lowest BCUT2D eigenvalue weighted by Gasteiger charge is -2.13. The van der Waals surface area contributed by atoms with Crippen LogP contribution in [0.5, 0.6) is 0 Å². The minimum Gasteiger partial charge on any atom is -0.478 e. The molecule has 2 heterocycles. The molecule has 0 atom stereocenters. The molecule has 6 nitrogen and oxygen atoms in total. The van der Waals surface area contributed by atoms with Gasteiger partial charge in [-0.25, -0.2) is 19.2 Å². The number of hydrogen-bond acceptors (Lipinski definition) is 4. The second-order valence-corrected chi connectivity index (χ2v) is 6.40. The van der Waals surface area contributed by atoms with Gasteiger partial charge in [-0.1, -0.05) is 18.2 Å². The van der Waals surface area contributed by atoms with Crippen molar-refractivity contribution in [2.75, 3.05) is 5.32 Å². The number of pyridine rings is 1. The first-order valence-corrected chi connectivity index (χ1v) is 8.65. The minimum atomic E-state index is -0.981. The first kappa shape index (κ1) is 17.7. The number of carbonyl (C=O) groups is 1. The molecule has 140 valence electrons. The number of imidazole rings is 1. The van der Waals surface area contributed by atoms with Crippen LogP contribution in [0.3, 0.4) is 0 Å². The van der Waals surface area contributed by atoms with E-state index in [1.165, 1.54) is 12.1 Å². The average Bonchev–Trinajstić information content (AvgIpc) is 3.11. The molecular weight excluding hydrogens is 359 g/mol. The van der Waals surface area contributed by atoms with Gasteiger partial charge in [-0.2, -0.15) is 0 Å². The number of hydrogen-bond donors (Lipinski definition) is 2. The van der Waals surface area contributed by atoms with E-state index in [2.05, 4.69) is 15.3 Å². The molecular formula is C21H17FN4O2. The molecule has 2 N–H and O–H groups in total. The lowest BCUT2D eigenvalue weighted by Crippen LogP contribution is -2.07. The van der Waals surface area contributed by atoms with E-state index in [0.717, 1.165) is 22.3 Å². The quantitative estimate of drug-likeness (QED) is 0.548. The Hall–Kier alpha value is -3.74. The van der Waals surface area contributed by atoms with Crippen LogP contribution in [-0.4, -0.2) is 25.6 Å². The third-order valence-electron chi connectivity index (χ3n) is 4.63. The second-order valence-electron chi connectivity index (χ2n) is 6.40. The number of nitrogens with one attached hydrogen (secondary N) is 1. The molecule has 2 aromatic carbocycles. The van der Waals surface area contributed by atoms with Gasteiger partial charge in [0.2, 0.25) is 0 Å². The van der Waals surface area contributed by atoms with Crippen LogP contribution in [0.2, 0.25) is 0 Å². The van der Waals surface area contributed by atoms with Crippen molar-refractivity contribution in [2.24, 2.45) is 7.05 Å². The number of aromatic nitrogens is 3. The summed E-state index contributed by atoms with van der Waals surface area (Å²) < 4.78 is 15.8. The van der Waals surface area contributed by atoms with Gasteiger partial charge >= 0.3 is 5.97 Å². The zero-order valence-corrected chi connectivity index (χ0v) is 15.1. The van der Waals surface area contributed by atoms with E-state index >= 15 is 0 Å². The van der Waals surface area contributed by atoms with Crippen molar-refractivity contribution >= 4 is 22.6 Å². The number of rotatable bonds is 5. The van der Waals surface area contributed by atoms with Crippen molar-refractivity contribution in [3.05, 3.63) is 78.3 Å². The average molecular weight is 376 g/mol. The van der Waals surface area contributed by atoms with Crippen LogP contribution in [0.4, 0.5) is 10.2 Å². The molecule has 0 fully saturated rings. The Morgan fingerprint density at radius 3 is 2.61 bits per heavy atom. The van der Waals surface area contributed by atoms with Gasteiger partial charge in [0.1, 0.15) is 17.5 Å². The Morgan fingerprint density at radius 1 is 1.14 bits per heavy atom. The highest BCUT2D eigenvalue weighted by Crippen LogP contribution is 2.32. The molecule has 4 rings (SSSR count). The molecule has 0 aliphatic heterocycles. The number of carboxylic acids is 1. The fourth-order valence-electron chi connectivity index (χ4n) is 3.11. The van der Waals surface area contributed by atoms with Crippen LogP contribution in [0, 0.1) is 5.82 Å². The Bertz CT molecular complexity index is 1170. The maximum Gasteiger partial charge on any atom is 0.335 e. The lowest BCUT2D eigenvalue weighted by molar-refractivity contribution is 0.0697. The lowest BCUT2D eigenvalue weighted by atomic mass is 9.99. The molecule has 0 aliphatic rings. The fraction of sp³-hybridized carbons (Fsp3) is 0.0952. The number of carboxylic acid groups (broad SMARTS) is 1. The van der Waals surface area contributed by atoms with Crippen LogP contribution in [0.25, 0.3) is 21.9 Å².